The highest BCUT2D eigenvalue weighted by atomic mass is 32.2. The van der Waals surface area contributed by atoms with Crippen LogP contribution in [0.3, 0.4) is 0 Å². The van der Waals surface area contributed by atoms with Crippen molar-refractivity contribution in [2.24, 2.45) is 0 Å². The molecule has 3 N–H and O–H groups in total. The molecule has 2 amide bonds. The fraction of sp³-hybridized carbons (Fsp3) is 0.158. The van der Waals surface area contributed by atoms with Crippen LogP contribution in [-0.2, 0) is 11.2 Å². The highest BCUT2D eigenvalue weighted by Gasteiger charge is 2.26. The highest BCUT2D eigenvalue weighted by molar-refractivity contribution is 8.18. The molecule has 136 valence electrons. The number of rotatable bonds is 5. The maximum atomic E-state index is 11.7. The third kappa shape index (κ3) is 3.70. The number of carbonyl (C=O) groups is 2. The van der Waals surface area contributed by atoms with Crippen molar-refractivity contribution in [3.05, 3.63) is 58.9 Å². The molecule has 7 nitrogen and oxygen atoms in total. The van der Waals surface area contributed by atoms with Crippen LogP contribution < -0.4 is 15.2 Å². The molecule has 3 aromatic rings. The van der Waals surface area contributed by atoms with Gasteiger partial charge in [0.25, 0.3) is 11.1 Å². The number of imide groups is 1. The predicted octanol–water partition coefficient (Wildman–Crippen LogP) is 2.38. The van der Waals surface area contributed by atoms with Gasteiger partial charge < -0.3 is 4.98 Å². The number of para-hydroxylation sites is 1. The molecule has 0 unspecified atom stereocenters. The number of likely N-dealkylation sites (N-methyl/N-ethyl adjacent to an activating group) is 1. The van der Waals surface area contributed by atoms with Gasteiger partial charge in [0.1, 0.15) is 5.69 Å². The van der Waals surface area contributed by atoms with Gasteiger partial charge in [-0.3, -0.25) is 19.8 Å². The number of hydrogen-bond donors (Lipinski definition) is 2. The largest absolute Gasteiger partial charge is 0.391 e. The highest BCUT2D eigenvalue weighted by Crippen LogP contribution is 2.25. The Hall–Kier alpha value is -3.13. The number of carbonyl (C=O) groups excluding carboxylic acids is 2. The summed E-state index contributed by atoms with van der Waals surface area (Å²) in [6.45, 7) is 0.777. The average Bonchev–Trinajstić information content (AvgIpc) is 3.22. The number of amides is 2. The summed E-state index contributed by atoms with van der Waals surface area (Å²) in [5.41, 5.74) is 3.01. The zero-order valence-electron chi connectivity index (χ0n) is 14.7. The van der Waals surface area contributed by atoms with Gasteiger partial charge in [-0.05, 0) is 23.4 Å². The topological polar surface area (TPSA) is 92.2 Å². The van der Waals surface area contributed by atoms with Gasteiger partial charge in [0, 0.05) is 35.7 Å². The summed E-state index contributed by atoms with van der Waals surface area (Å²) >= 11 is 0.887. The first-order valence-electron chi connectivity index (χ1n) is 8.50. The Morgan fingerprint density at radius 2 is 2.11 bits per heavy atom. The van der Waals surface area contributed by atoms with Crippen molar-refractivity contribution in [1.82, 2.24) is 15.3 Å². The average molecular weight is 380 g/mol. The molecular weight excluding hydrogens is 362 g/mol. The van der Waals surface area contributed by atoms with Gasteiger partial charge >= 0.3 is 5.95 Å². The monoisotopic (exact) mass is 380 g/mol. The van der Waals surface area contributed by atoms with E-state index in [1.54, 1.807) is 18.3 Å². The quantitative estimate of drug-likeness (QED) is 0.663. The summed E-state index contributed by atoms with van der Waals surface area (Å²) in [6, 6.07) is 10.0. The molecule has 8 heteroatoms. The van der Waals surface area contributed by atoms with E-state index in [1.807, 2.05) is 30.3 Å². The Morgan fingerprint density at radius 3 is 2.93 bits per heavy atom. The minimum absolute atomic E-state index is 0.353. The molecule has 0 saturated carbocycles. The van der Waals surface area contributed by atoms with E-state index in [2.05, 4.69) is 32.4 Å². The fourth-order valence-electron chi connectivity index (χ4n) is 2.96. The Kier molecular flexibility index (Phi) is 4.64. The summed E-state index contributed by atoms with van der Waals surface area (Å²) < 4.78 is 0. The number of fused-ring (bicyclic) bond motifs is 1. The van der Waals surface area contributed by atoms with Crippen LogP contribution >= 0.6 is 11.8 Å². The van der Waals surface area contributed by atoms with Crippen LogP contribution in [0.15, 0.2) is 47.6 Å². The first-order valence-corrected chi connectivity index (χ1v) is 9.31. The lowest BCUT2D eigenvalue weighted by atomic mass is 10.1. The summed E-state index contributed by atoms with van der Waals surface area (Å²) in [6.07, 6.45) is 6.31. The molecule has 1 aromatic carbocycles. The van der Waals surface area contributed by atoms with Crippen LogP contribution in [0.5, 0.6) is 0 Å². The van der Waals surface area contributed by atoms with E-state index in [0.717, 1.165) is 30.2 Å². The SMILES string of the molecule is CN(CCc1c[nH]c2ccccc12)c1nc(/C=C2\SC(=O)NC2=O)cc[nH+]1. The van der Waals surface area contributed by atoms with Gasteiger partial charge in [-0.15, -0.1) is 0 Å². The molecule has 0 spiro atoms. The van der Waals surface area contributed by atoms with Crippen LogP contribution in [0.4, 0.5) is 10.7 Å². The van der Waals surface area contributed by atoms with E-state index in [0.29, 0.717) is 16.5 Å². The molecule has 3 heterocycles. The molecule has 0 atom stereocenters. The number of aromatic nitrogens is 3. The molecular formula is C19H18N5O2S+. The van der Waals surface area contributed by atoms with E-state index >= 15 is 0 Å². The van der Waals surface area contributed by atoms with E-state index in [9.17, 15) is 9.59 Å². The molecule has 1 saturated heterocycles. The number of aromatic amines is 2. The maximum absolute atomic E-state index is 11.7. The molecule has 2 aromatic heterocycles. The minimum Gasteiger partial charge on any atom is -0.361 e. The lowest BCUT2D eigenvalue weighted by Gasteiger charge is -2.10. The zero-order chi connectivity index (χ0) is 18.8. The van der Waals surface area contributed by atoms with Crippen LogP contribution in [0, 0.1) is 0 Å². The van der Waals surface area contributed by atoms with Crippen LogP contribution in [0.2, 0.25) is 0 Å². The fourth-order valence-corrected chi connectivity index (χ4v) is 3.62. The van der Waals surface area contributed by atoms with Crippen LogP contribution in [0.25, 0.3) is 17.0 Å². The number of thioether (sulfide) groups is 1. The van der Waals surface area contributed by atoms with E-state index < -0.39 is 0 Å². The smallest absolute Gasteiger partial charge is 0.361 e. The van der Waals surface area contributed by atoms with Gasteiger partial charge in [-0.1, -0.05) is 23.2 Å². The first kappa shape index (κ1) is 17.3. The Labute approximate surface area is 159 Å². The van der Waals surface area contributed by atoms with Gasteiger partial charge in [0.2, 0.25) is 0 Å². The summed E-state index contributed by atoms with van der Waals surface area (Å²) in [7, 11) is 1.96. The molecule has 27 heavy (non-hydrogen) atoms. The second kappa shape index (κ2) is 7.24. The minimum atomic E-state index is -0.381. The third-order valence-electron chi connectivity index (χ3n) is 4.38. The molecule has 0 radical (unpaired) electrons. The number of H-pyrrole nitrogens is 2. The first-order chi connectivity index (χ1) is 13.1. The second-order valence-corrected chi connectivity index (χ2v) is 7.24. The third-order valence-corrected chi connectivity index (χ3v) is 5.19. The summed E-state index contributed by atoms with van der Waals surface area (Å²) in [4.78, 5) is 36.3. The van der Waals surface area contributed by atoms with Crippen molar-refractivity contribution in [2.75, 3.05) is 18.5 Å². The van der Waals surface area contributed by atoms with Gasteiger partial charge in [0.15, 0.2) is 0 Å². The van der Waals surface area contributed by atoms with Crippen molar-refractivity contribution in [3.63, 3.8) is 0 Å². The van der Waals surface area contributed by atoms with Crippen molar-refractivity contribution >= 4 is 45.8 Å². The normalized spacial score (nSPS) is 15.5. The zero-order valence-corrected chi connectivity index (χ0v) is 15.5. The molecule has 0 aliphatic carbocycles. The predicted molar refractivity (Wildman–Crippen MR) is 105 cm³/mol. The molecule has 1 aliphatic rings. The number of benzene rings is 1. The van der Waals surface area contributed by atoms with Crippen molar-refractivity contribution in [1.29, 1.82) is 0 Å². The molecule has 4 rings (SSSR count). The Bertz CT molecular complexity index is 1060. The molecule has 1 aliphatic heterocycles. The number of hydrogen-bond acceptors (Lipinski definition) is 5. The number of anilines is 1. The van der Waals surface area contributed by atoms with E-state index in [1.165, 1.54) is 10.9 Å². The number of nitrogens with one attached hydrogen (secondary N) is 3. The summed E-state index contributed by atoms with van der Waals surface area (Å²) in [5.74, 6) is 0.313. The summed E-state index contributed by atoms with van der Waals surface area (Å²) in [5, 5.41) is 3.12. The molecule has 1 fully saturated rings. The van der Waals surface area contributed by atoms with E-state index in [-0.39, 0.29) is 11.1 Å². The van der Waals surface area contributed by atoms with Crippen molar-refractivity contribution in [3.8, 4) is 0 Å². The van der Waals surface area contributed by atoms with E-state index in [4.69, 9.17) is 0 Å². The van der Waals surface area contributed by atoms with Crippen LogP contribution in [-0.4, -0.2) is 34.7 Å². The maximum Gasteiger partial charge on any atom is 0.391 e. The second-order valence-electron chi connectivity index (χ2n) is 6.22. The number of nitrogens with zero attached hydrogens (tertiary/aromatic N) is 2. The van der Waals surface area contributed by atoms with Crippen molar-refractivity contribution < 1.29 is 14.6 Å². The van der Waals surface area contributed by atoms with Gasteiger partial charge in [0.05, 0.1) is 24.7 Å². The lowest BCUT2D eigenvalue weighted by Crippen LogP contribution is -2.28. The molecule has 0 bridgehead atoms. The van der Waals surface area contributed by atoms with Gasteiger partial charge in [-0.2, -0.15) is 0 Å². The Morgan fingerprint density at radius 1 is 1.26 bits per heavy atom. The van der Waals surface area contributed by atoms with Crippen LogP contribution in [0.1, 0.15) is 11.3 Å². The van der Waals surface area contributed by atoms with Crippen molar-refractivity contribution in [2.45, 2.75) is 6.42 Å². The standard InChI is InChI=1S/C19H17N5O2S/c1-24(9-7-12-11-21-15-5-3-2-4-14(12)15)18-20-8-6-13(22-18)10-16-17(25)23-19(26)27-16/h2-6,8,10-11,21H,7,9H2,1H3,(H,23,25,26)/p+1/b16-10-. The Balaban J connectivity index is 1.47. The lowest BCUT2D eigenvalue weighted by molar-refractivity contribution is -0.368. The van der Waals surface area contributed by atoms with Gasteiger partial charge in [-0.25, -0.2) is 4.98 Å².